The van der Waals surface area contributed by atoms with Crippen LogP contribution in [0.2, 0.25) is 0 Å². The molecule has 1 heterocycles. The molecule has 1 aliphatic rings. The Morgan fingerprint density at radius 1 is 1.22 bits per heavy atom. The maximum absolute atomic E-state index is 13.0. The van der Waals surface area contributed by atoms with Crippen LogP contribution >= 0.6 is 23.1 Å². The van der Waals surface area contributed by atoms with E-state index in [2.05, 4.69) is 15.6 Å². The van der Waals surface area contributed by atoms with E-state index in [9.17, 15) is 9.59 Å². The van der Waals surface area contributed by atoms with E-state index < -0.39 is 6.03 Å². The van der Waals surface area contributed by atoms with Crippen molar-refractivity contribution >= 4 is 51.4 Å². The predicted octanol–water partition coefficient (Wildman–Crippen LogP) is 4.95. The molecule has 2 amide bonds. The number of anilines is 3. The third-order valence-electron chi connectivity index (χ3n) is 4.67. The molecule has 6 nitrogen and oxygen atoms in total. The van der Waals surface area contributed by atoms with E-state index in [1.165, 1.54) is 11.3 Å². The van der Waals surface area contributed by atoms with Crippen molar-refractivity contribution in [1.29, 1.82) is 0 Å². The molecule has 1 aromatic carbocycles. The van der Waals surface area contributed by atoms with Crippen molar-refractivity contribution in [3.63, 3.8) is 0 Å². The van der Waals surface area contributed by atoms with Crippen LogP contribution in [0.3, 0.4) is 0 Å². The minimum absolute atomic E-state index is 0.0501. The number of thiazole rings is 1. The highest BCUT2D eigenvalue weighted by Crippen LogP contribution is 2.32. The van der Waals surface area contributed by atoms with Crippen molar-refractivity contribution in [3.05, 3.63) is 30.0 Å². The maximum Gasteiger partial charge on any atom is 0.325 e. The smallest absolute Gasteiger partial charge is 0.325 e. The van der Waals surface area contributed by atoms with Crippen molar-refractivity contribution in [2.45, 2.75) is 29.9 Å². The van der Waals surface area contributed by atoms with Crippen molar-refractivity contribution in [1.82, 2.24) is 4.98 Å². The first kappa shape index (κ1) is 19.7. The number of amides is 2. The molecule has 0 unspecified atom stereocenters. The van der Waals surface area contributed by atoms with Gasteiger partial charge in [-0.15, -0.1) is 11.8 Å². The van der Waals surface area contributed by atoms with E-state index >= 15 is 0 Å². The Balaban J connectivity index is 1.80. The molecule has 1 aromatic heterocycles. The van der Waals surface area contributed by atoms with Crippen LogP contribution in [0.4, 0.5) is 21.3 Å². The zero-order valence-electron chi connectivity index (χ0n) is 15.7. The first-order valence-electron chi connectivity index (χ1n) is 8.91. The SMILES string of the molecule is CSc1cnc(NC(=O)Nc2ccc(N(C)C)cc2C(=O)C2CCCC2)s1. The van der Waals surface area contributed by atoms with E-state index in [1.54, 1.807) is 24.0 Å². The molecule has 0 saturated heterocycles. The Labute approximate surface area is 167 Å². The van der Waals surface area contributed by atoms with Gasteiger partial charge in [-0.2, -0.15) is 0 Å². The van der Waals surface area contributed by atoms with Gasteiger partial charge in [0.05, 0.1) is 16.1 Å². The summed E-state index contributed by atoms with van der Waals surface area (Å²) in [6.07, 6.45) is 7.72. The van der Waals surface area contributed by atoms with Crippen LogP contribution in [0, 0.1) is 5.92 Å². The van der Waals surface area contributed by atoms with Gasteiger partial charge in [0.1, 0.15) is 0 Å². The van der Waals surface area contributed by atoms with Crippen LogP contribution in [-0.2, 0) is 0 Å². The van der Waals surface area contributed by atoms with Crippen molar-refractivity contribution in [3.8, 4) is 0 Å². The number of rotatable bonds is 6. The van der Waals surface area contributed by atoms with E-state index in [0.717, 1.165) is 35.6 Å². The minimum atomic E-state index is -0.393. The van der Waals surface area contributed by atoms with E-state index in [0.29, 0.717) is 16.4 Å². The van der Waals surface area contributed by atoms with Gasteiger partial charge in [-0.3, -0.25) is 10.1 Å². The number of hydrogen-bond acceptors (Lipinski definition) is 6. The third kappa shape index (κ3) is 4.81. The molecule has 2 aromatic rings. The second-order valence-corrected chi connectivity index (χ2v) is 8.87. The molecule has 0 atom stereocenters. The molecule has 1 saturated carbocycles. The van der Waals surface area contributed by atoms with Gasteiger partial charge in [-0.05, 0) is 37.3 Å². The second kappa shape index (κ2) is 8.75. The fourth-order valence-electron chi connectivity index (χ4n) is 3.19. The standard InChI is InChI=1S/C19H24N4O2S2/c1-23(2)13-8-9-15(14(10-13)17(24)12-6-4-5-7-12)21-18(25)22-19-20-11-16(26-3)27-19/h8-12H,4-7H2,1-3H3,(H2,20,21,22,25). The van der Waals surface area contributed by atoms with Crippen LogP contribution in [0.25, 0.3) is 0 Å². The normalized spacial score (nSPS) is 14.2. The van der Waals surface area contributed by atoms with Gasteiger partial charge in [0.15, 0.2) is 10.9 Å². The molecule has 0 radical (unpaired) electrons. The number of benzene rings is 1. The molecule has 2 N–H and O–H groups in total. The van der Waals surface area contributed by atoms with Crippen LogP contribution in [-0.4, -0.2) is 37.1 Å². The molecular formula is C19H24N4O2S2. The minimum Gasteiger partial charge on any atom is -0.378 e. The number of carbonyl (C=O) groups excluding carboxylic acids is 2. The molecule has 0 aliphatic heterocycles. The second-order valence-electron chi connectivity index (χ2n) is 6.74. The lowest BCUT2D eigenvalue weighted by molar-refractivity contribution is 0.0924. The van der Waals surface area contributed by atoms with Crippen LogP contribution in [0.5, 0.6) is 0 Å². The van der Waals surface area contributed by atoms with Crippen LogP contribution in [0.1, 0.15) is 36.0 Å². The Kier molecular flexibility index (Phi) is 6.38. The van der Waals surface area contributed by atoms with Crippen molar-refractivity contribution < 1.29 is 9.59 Å². The Morgan fingerprint density at radius 3 is 2.59 bits per heavy atom. The topological polar surface area (TPSA) is 74.3 Å². The molecule has 1 fully saturated rings. The maximum atomic E-state index is 13.0. The predicted molar refractivity (Wildman–Crippen MR) is 114 cm³/mol. The van der Waals surface area contributed by atoms with E-state index in [-0.39, 0.29) is 11.7 Å². The number of ketones is 1. The zero-order valence-corrected chi connectivity index (χ0v) is 17.4. The number of thioether (sulfide) groups is 1. The number of hydrogen-bond donors (Lipinski definition) is 2. The summed E-state index contributed by atoms with van der Waals surface area (Å²) in [4.78, 5) is 31.6. The average molecular weight is 405 g/mol. The fraction of sp³-hybridized carbons (Fsp3) is 0.421. The Hall–Kier alpha value is -2.06. The molecular weight excluding hydrogens is 380 g/mol. The van der Waals surface area contributed by atoms with E-state index in [1.807, 2.05) is 37.4 Å². The summed E-state index contributed by atoms with van der Waals surface area (Å²) in [5.41, 5.74) is 2.05. The van der Waals surface area contributed by atoms with Gasteiger partial charge in [0.25, 0.3) is 0 Å². The van der Waals surface area contributed by atoms with Gasteiger partial charge in [-0.25, -0.2) is 9.78 Å². The molecule has 27 heavy (non-hydrogen) atoms. The average Bonchev–Trinajstić information content (AvgIpc) is 3.33. The molecule has 0 spiro atoms. The Bertz CT molecular complexity index is 829. The van der Waals surface area contributed by atoms with Gasteiger partial charge in [-0.1, -0.05) is 24.2 Å². The summed E-state index contributed by atoms with van der Waals surface area (Å²) in [6, 6.07) is 5.17. The lowest BCUT2D eigenvalue weighted by Crippen LogP contribution is -2.22. The largest absolute Gasteiger partial charge is 0.378 e. The zero-order chi connectivity index (χ0) is 19.4. The third-order valence-corrected chi connectivity index (χ3v) is 6.63. The number of Topliss-reactive ketones (excluding diaryl/α,β-unsaturated/α-hetero) is 1. The molecule has 1 aliphatic carbocycles. The number of urea groups is 1. The van der Waals surface area contributed by atoms with Gasteiger partial charge < -0.3 is 10.2 Å². The fourth-order valence-corrected chi connectivity index (χ4v) is 4.47. The summed E-state index contributed by atoms with van der Waals surface area (Å²) < 4.78 is 1.03. The summed E-state index contributed by atoms with van der Waals surface area (Å²) in [6.45, 7) is 0. The van der Waals surface area contributed by atoms with Gasteiger partial charge in [0.2, 0.25) is 0 Å². The quantitative estimate of drug-likeness (QED) is 0.526. The Morgan fingerprint density at radius 2 is 1.96 bits per heavy atom. The highest BCUT2D eigenvalue weighted by atomic mass is 32.2. The highest BCUT2D eigenvalue weighted by molar-refractivity contribution is 8.00. The summed E-state index contributed by atoms with van der Waals surface area (Å²) in [5.74, 6) is 0.166. The lowest BCUT2D eigenvalue weighted by atomic mass is 9.94. The molecule has 8 heteroatoms. The number of carbonyl (C=O) groups is 2. The van der Waals surface area contributed by atoms with Crippen LogP contribution < -0.4 is 15.5 Å². The summed E-state index contributed by atoms with van der Waals surface area (Å²) >= 11 is 3.00. The van der Waals surface area contributed by atoms with Crippen LogP contribution in [0.15, 0.2) is 28.6 Å². The monoisotopic (exact) mass is 404 g/mol. The first-order chi connectivity index (χ1) is 13.0. The number of nitrogens with zero attached hydrogens (tertiary/aromatic N) is 2. The molecule has 144 valence electrons. The lowest BCUT2D eigenvalue weighted by Gasteiger charge is -2.18. The summed E-state index contributed by atoms with van der Waals surface area (Å²) in [5, 5.41) is 6.10. The number of nitrogens with one attached hydrogen (secondary N) is 2. The highest BCUT2D eigenvalue weighted by Gasteiger charge is 2.26. The van der Waals surface area contributed by atoms with Crippen molar-refractivity contribution in [2.75, 3.05) is 35.9 Å². The van der Waals surface area contributed by atoms with Crippen molar-refractivity contribution in [2.24, 2.45) is 5.92 Å². The molecule has 3 rings (SSSR count). The number of aromatic nitrogens is 1. The summed E-state index contributed by atoms with van der Waals surface area (Å²) in [7, 11) is 3.87. The van der Waals surface area contributed by atoms with Gasteiger partial charge >= 0.3 is 6.03 Å². The van der Waals surface area contributed by atoms with E-state index in [4.69, 9.17) is 0 Å². The van der Waals surface area contributed by atoms with Gasteiger partial charge in [0, 0.05) is 31.3 Å². The molecule has 0 bridgehead atoms. The first-order valence-corrected chi connectivity index (χ1v) is 11.0.